The van der Waals surface area contributed by atoms with Crippen molar-refractivity contribution in [3.8, 4) is 0 Å². The molecule has 40 heavy (non-hydrogen) atoms. The standard InChI is InChI=1S/C6H16N2O24S8/c9-33(10,11)3(34(12,13)14)7(4(35(15,16)17)36(18,19)20)1-2-8(5(37(21,22)23)38(24,25)26)6(39(27,28)29)40(30,31)32/h3-6H,1-2H2,(H,9,10,11)(H,12,13,14)(H,15,16,17)(H,18,19,20)(H,21,22,23)(H,24,25,26)(H,27,28,29)(H,30,31,32). The lowest BCUT2D eigenvalue weighted by atomic mass is 10.5. The van der Waals surface area contributed by atoms with Gasteiger partial charge < -0.3 is 0 Å². The Labute approximate surface area is 225 Å². The van der Waals surface area contributed by atoms with E-state index in [1.807, 2.05) is 0 Å². The monoisotopic (exact) mass is 756 g/mol. The van der Waals surface area contributed by atoms with Gasteiger partial charge in [-0.1, -0.05) is 0 Å². The Hall–Kier alpha value is -0.800. The van der Waals surface area contributed by atoms with Crippen LogP contribution in [-0.2, 0) is 80.9 Å². The Morgan fingerprint density at radius 2 is 0.400 bits per heavy atom. The van der Waals surface area contributed by atoms with Crippen molar-refractivity contribution in [3.05, 3.63) is 0 Å². The zero-order valence-corrected chi connectivity index (χ0v) is 24.5. The SMILES string of the molecule is O=S(=O)(O)C(N(CCN(C(S(=O)(=O)O)S(=O)(=O)O)C(S(=O)(=O)O)S(=O)(=O)O)C(S(=O)(=O)O)S(=O)(=O)O)S(=O)(=O)O. The largest absolute Gasteiger partial charge is 0.298 e. The molecule has 0 saturated heterocycles. The van der Waals surface area contributed by atoms with Gasteiger partial charge in [-0.3, -0.25) is 36.4 Å². The van der Waals surface area contributed by atoms with E-state index in [1.54, 1.807) is 0 Å². The lowest BCUT2D eigenvalue weighted by molar-refractivity contribution is 0.201. The van der Waals surface area contributed by atoms with Crippen LogP contribution in [-0.4, -0.2) is 145 Å². The summed E-state index contributed by atoms with van der Waals surface area (Å²) in [7, 11) is -53.1. The van der Waals surface area contributed by atoms with E-state index in [0.29, 0.717) is 0 Å². The molecule has 242 valence electrons. The average molecular weight is 757 g/mol. The average Bonchev–Trinajstić information content (AvgIpc) is 2.48. The fraction of sp³-hybridized carbons (Fsp3) is 1.00. The minimum absolute atomic E-state index is 1.47. The van der Waals surface area contributed by atoms with E-state index in [-0.39, 0.29) is 0 Å². The lowest BCUT2D eigenvalue weighted by Crippen LogP contribution is -2.61. The molecule has 0 spiro atoms. The van der Waals surface area contributed by atoms with Gasteiger partial charge in [0.1, 0.15) is 0 Å². The molecule has 0 bridgehead atoms. The summed E-state index contributed by atoms with van der Waals surface area (Å²) in [6, 6.07) is 0. The van der Waals surface area contributed by atoms with Crippen molar-refractivity contribution in [2.75, 3.05) is 13.1 Å². The highest BCUT2D eigenvalue weighted by Crippen LogP contribution is 2.26. The molecule has 26 nitrogen and oxygen atoms in total. The molecule has 0 aliphatic carbocycles. The van der Waals surface area contributed by atoms with Gasteiger partial charge >= 0.3 is 0 Å². The van der Waals surface area contributed by atoms with E-state index in [2.05, 4.69) is 0 Å². The zero-order chi connectivity index (χ0) is 32.9. The second-order valence-corrected chi connectivity index (χ2v) is 19.8. The molecule has 0 radical (unpaired) electrons. The van der Waals surface area contributed by atoms with E-state index in [1.165, 1.54) is 0 Å². The number of hydrogen-bond acceptors (Lipinski definition) is 18. The molecular formula is C6H16N2O24S8. The maximum Gasteiger partial charge on any atom is 0.298 e. The molecule has 8 N–H and O–H groups in total. The van der Waals surface area contributed by atoms with E-state index < -0.39 is 123 Å². The van der Waals surface area contributed by atoms with Crippen molar-refractivity contribution in [2.24, 2.45) is 0 Å². The molecule has 0 aliphatic heterocycles. The van der Waals surface area contributed by atoms with Crippen molar-refractivity contribution in [2.45, 2.75) is 18.8 Å². The molecule has 0 fully saturated rings. The Balaban J connectivity index is 8.00. The van der Waals surface area contributed by atoms with Gasteiger partial charge in [-0.05, 0) is 0 Å². The summed E-state index contributed by atoms with van der Waals surface area (Å²) in [5, 5.41) is 0. The van der Waals surface area contributed by atoms with Crippen LogP contribution in [0, 0.1) is 0 Å². The Morgan fingerprint density at radius 1 is 0.300 bits per heavy atom. The van der Waals surface area contributed by atoms with Crippen LogP contribution in [0.25, 0.3) is 0 Å². The maximum absolute atomic E-state index is 11.6. The number of rotatable bonds is 15. The summed E-state index contributed by atoms with van der Waals surface area (Å²) >= 11 is 0. The lowest BCUT2D eigenvalue weighted by Gasteiger charge is -2.35. The molecule has 0 aromatic heterocycles. The quantitative estimate of drug-likeness (QED) is 0.0720. The van der Waals surface area contributed by atoms with E-state index in [9.17, 15) is 67.3 Å². The molecule has 0 atom stereocenters. The highest BCUT2D eigenvalue weighted by molar-refractivity contribution is 8.06. The van der Waals surface area contributed by atoms with Crippen molar-refractivity contribution in [1.82, 2.24) is 9.80 Å². The zero-order valence-electron chi connectivity index (χ0n) is 18.0. The van der Waals surface area contributed by atoms with Crippen molar-refractivity contribution >= 4 is 80.9 Å². The number of hydrogen-bond donors (Lipinski definition) is 8. The molecule has 0 rings (SSSR count). The third-order valence-electron chi connectivity index (χ3n) is 3.74. The van der Waals surface area contributed by atoms with Crippen molar-refractivity contribution < 1.29 is 104 Å². The van der Waals surface area contributed by atoms with Crippen LogP contribution in [0.1, 0.15) is 0 Å². The van der Waals surface area contributed by atoms with E-state index in [4.69, 9.17) is 36.4 Å². The minimum Gasteiger partial charge on any atom is -0.283 e. The summed E-state index contributed by atoms with van der Waals surface area (Å²) in [5.41, 5.74) is 0. The Morgan fingerprint density at radius 3 is 0.475 bits per heavy atom. The fourth-order valence-corrected chi connectivity index (χ4v) is 12.9. The third kappa shape index (κ3) is 10.5. The van der Waals surface area contributed by atoms with Crippen LogP contribution in [0.3, 0.4) is 0 Å². The molecule has 0 amide bonds. The van der Waals surface area contributed by atoms with Crippen LogP contribution < -0.4 is 0 Å². The van der Waals surface area contributed by atoms with Gasteiger partial charge in [-0.2, -0.15) is 67.3 Å². The van der Waals surface area contributed by atoms with Crippen LogP contribution in [0.15, 0.2) is 0 Å². The highest BCUT2D eigenvalue weighted by Gasteiger charge is 2.56. The van der Waals surface area contributed by atoms with Crippen molar-refractivity contribution in [1.29, 1.82) is 0 Å². The molecule has 0 aliphatic rings. The maximum atomic E-state index is 11.6. The molecule has 0 saturated carbocycles. The first-order valence-electron chi connectivity index (χ1n) is 8.18. The minimum atomic E-state index is -6.64. The second-order valence-electron chi connectivity index (χ2n) is 6.82. The molecule has 34 heteroatoms. The van der Waals surface area contributed by atoms with Gasteiger partial charge in [0, 0.05) is 13.1 Å². The van der Waals surface area contributed by atoms with Crippen LogP contribution in [0.5, 0.6) is 0 Å². The summed E-state index contributed by atoms with van der Waals surface area (Å²) in [6.45, 7) is -5.17. The molecule has 0 aromatic rings. The highest BCUT2D eigenvalue weighted by atomic mass is 32.3. The van der Waals surface area contributed by atoms with E-state index >= 15 is 0 Å². The molecular weight excluding hydrogens is 741 g/mol. The van der Waals surface area contributed by atoms with Gasteiger partial charge in [-0.25, -0.2) is 9.80 Å². The third-order valence-corrected chi connectivity index (χ3v) is 15.8. The van der Waals surface area contributed by atoms with E-state index in [0.717, 1.165) is 0 Å². The van der Waals surface area contributed by atoms with Crippen molar-refractivity contribution in [3.63, 3.8) is 0 Å². The summed E-state index contributed by atoms with van der Waals surface area (Å²) in [4.78, 5) is -2.95. The first kappa shape index (κ1) is 39.2. The first-order chi connectivity index (χ1) is 17.0. The van der Waals surface area contributed by atoms with Gasteiger partial charge in [0.15, 0.2) is 0 Å². The summed E-state index contributed by atoms with van der Waals surface area (Å²) < 4.78 is 241. The molecule has 0 unspecified atom stereocenters. The molecule has 0 heterocycles. The van der Waals surface area contributed by atoms with Crippen LogP contribution in [0.4, 0.5) is 0 Å². The molecule has 0 aromatic carbocycles. The van der Waals surface area contributed by atoms with Gasteiger partial charge in [0.05, 0.1) is 0 Å². The predicted octanol–water partition coefficient (Wildman–Crippen LogP) is -6.17. The predicted molar refractivity (Wildman–Crippen MR) is 121 cm³/mol. The first-order valence-corrected chi connectivity index (χ1v) is 20.2. The van der Waals surface area contributed by atoms with Crippen LogP contribution in [0.2, 0.25) is 0 Å². The van der Waals surface area contributed by atoms with Crippen LogP contribution >= 0.6 is 0 Å². The smallest absolute Gasteiger partial charge is 0.283 e. The van der Waals surface area contributed by atoms with Gasteiger partial charge in [0.25, 0.3) is 99.8 Å². The topological polar surface area (TPSA) is 441 Å². The number of nitrogens with zero attached hydrogens (tertiary/aromatic N) is 2. The normalized spacial score (nSPS) is 15.7. The fourth-order valence-electron chi connectivity index (χ4n) is 2.83. The summed E-state index contributed by atoms with van der Waals surface area (Å²) in [6.07, 6.45) is 0. The Bertz CT molecular complexity index is 1450. The van der Waals surface area contributed by atoms with Gasteiger partial charge in [-0.15, -0.1) is 0 Å². The summed E-state index contributed by atoms with van der Waals surface area (Å²) in [5.74, 6) is 0. The second kappa shape index (κ2) is 11.7. The Kier molecular flexibility index (Phi) is 11.5. The van der Waals surface area contributed by atoms with Gasteiger partial charge in [0.2, 0.25) is 0 Å².